The monoisotopic (exact) mass is 314 g/mol. The van der Waals surface area contributed by atoms with Crippen LogP contribution in [0.3, 0.4) is 0 Å². The molecule has 0 amide bonds. The lowest BCUT2D eigenvalue weighted by Crippen LogP contribution is -2.40. The quantitative estimate of drug-likeness (QED) is 0.798. The Hall–Kier alpha value is -1.39. The van der Waals surface area contributed by atoms with Gasteiger partial charge < -0.3 is 10.6 Å². The molecule has 0 aromatic heterocycles. The zero-order valence-corrected chi connectivity index (χ0v) is 13.3. The lowest BCUT2D eigenvalue weighted by atomic mass is 9.81. The minimum absolute atomic E-state index is 0.222. The van der Waals surface area contributed by atoms with E-state index in [4.69, 9.17) is 5.73 Å². The molecule has 1 aliphatic heterocycles. The summed E-state index contributed by atoms with van der Waals surface area (Å²) in [6.45, 7) is 6.16. The van der Waals surface area contributed by atoms with E-state index < -0.39 is 11.7 Å². The first-order chi connectivity index (χ1) is 10.4. The molecule has 1 aromatic rings. The molecule has 1 heterocycles. The number of hydrogen-bond donors (Lipinski definition) is 1. The van der Waals surface area contributed by atoms with Gasteiger partial charge in [-0.1, -0.05) is 26.7 Å². The van der Waals surface area contributed by atoms with Crippen LogP contribution in [-0.2, 0) is 6.18 Å². The Morgan fingerprint density at radius 3 is 2.50 bits per heavy atom. The molecule has 0 spiro atoms. The summed E-state index contributed by atoms with van der Waals surface area (Å²) in [5.74, 6) is 1.32. The highest BCUT2D eigenvalue weighted by Crippen LogP contribution is 2.37. The third-order valence-corrected chi connectivity index (χ3v) is 4.77. The maximum absolute atomic E-state index is 12.7. The van der Waals surface area contributed by atoms with E-state index in [1.807, 2.05) is 0 Å². The summed E-state index contributed by atoms with van der Waals surface area (Å²) >= 11 is 0. The van der Waals surface area contributed by atoms with Crippen LogP contribution in [0.15, 0.2) is 18.2 Å². The number of alkyl halides is 3. The van der Waals surface area contributed by atoms with Crippen molar-refractivity contribution in [1.82, 2.24) is 0 Å². The molecule has 1 fully saturated rings. The van der Waals surface area contributed by atoms with Crippen LogP contribution in [0.1, 0.15) is 45.1 Å². The topological polar surface area (TPSA) is 29.3 Å². The van der Waals surface area contributed by atoms with Gasteiger partial charge in [-0.05, 0) is 42.9 Å². The van der Waals surface area contributed by atoms with Gasteiger partial charge in [0.1, 0.15) is 0 Å². The SMILES string of the molecule is CCCC1CN(c2ccc(C(F)(F)F)cc2N)CC[C@@H]1CC. The van der Waals surface area contributed by atoms with Crippen molar-refractivity contribution >= 4 is 11.4 Å². The van der Waals surface area contributed by atoms with Crippen molar-refractivity contribution in [1.29, 1.82) is 0 Å². The van der Waals surface area contributed by atoms with Gasteiger partial charge in [0.2, 0.25) is 0 Å². The summed E-state index contributed by atoms with van der Waals surface area (Å²) in [5, 5.41) is 0. The molecule has 5 heteroatoms. The van der Waals surface area contributed by atoms with E-state index in [1.54, 1.807) is 0 Å². The molecule has 0 radical (unpaired) electrons. The average Bonchev–Trinajstić information content (AvgIpc) is 2.46. The zero-order chi connectivity index (χ0) is 16.3. The highest BCUT2D eigenvalue weighted by atomic mass is 19.4. The molecule has 1 unspecified atom stereocenters. The van der Waals surface area contributed by atoms with Crippen LogP contribution in [0.25, 0.3) is 0 Å². The second kappa shape index (κ2) is 6.80. The van der Waals surface area contributed by atoms with Crippen LogP contribution in [0.4, 0.5) is 24.5 Å². The first-order valence-electron chi connectivity index (χ1n) is 8.08. The van der Waals surface area contributed by atoms with E-state index in [2.05, 4.69) is 18.7 Å². The Labute approximate surface area is 130 Å². The molecule has 1 aliphatic rings. The number of halogens is 3. The first-order valence-corrected chi connectivity index (χ1v) is 8.08. The lowest BCUT2D eigenvalue weighted by Gasteiger charge is -2.40. The molecule has 0 aliphatic carbocycles. The predicted octanol–water partition coefficient (Wildman–Crippen LogP) is 4.94. The van der Waals surface area contributed by atoms with Gasteiger partial charge in [-0.25, -0.2) is 0 Å². The molecule has 22 heavy (non-hydrogen) atoms. The molecular weight excluding hydrogens is 289 g/mol. The van der Waals surface area contributed by atoms with Gasteiger partial charge in [-0.3, -0.25) is 0 Å². The number of hydrogen-bond acceptors (Lipinski definition) is 2. The van der Waals surface area contributed by atoms with Crippen LogP contribution in [-0.4, -0.2) is 13.1 Å². The molecule has 1 aromatic carbocycles. The van der Waals surface area contributed by atoms with Crippen LogP contribution >= 0.6 is 0 Å². The second-order valence-electron chi connectivity index (χ2n) is 6.22. The smallest absolute Gasteiger partial charge is 0.397 e. The first kappa shape index (κ1) is 17.0. The van der Waals surface area contributed by atoms with E-state index in [0.29, 0.717) is 11.8 Å². The molecule has 124 valence electrons. The highest BCUT2D eigenvalue weighted by molar-refractivity contribution is 5.69. The summed E-state index contributed by atoms with van der Waals surface area (Å²) in [4.78, 5) is 2.15. The standard InChI is InChI=1S/C17H25F3N2/c1-3-5-13-11-22(9-8-12(13)4-2)16-7-6-14(10-15(16)21)17(18,19)20/h6-7,10,12-13H,3-5,8-9,11,21H2,1-2H3/t12-,13?/m0/s1. The van der Waals surface area contributed by atoms with E-state index >= 15 is 0 Å². The van der Waals surface area contributed by atoms with E-state index in [9.17, 15) is 13.2 Å². The number of benzene rings is 1. The number of piperidine rings is 1. The van der Waals surface area contributed by atoms with Gasteiger partial charge in [0.25, 0.3) is 0 Å². The van der Waals surface area contributed by atoms with Crippen molar-refractivity contribution in [3.63, 3.8) is 0 Å². The fourth-order valence-corrected chi connectivity index (χ4v) is 3.55. The van der Waals surface area contributed by atoms with Gasteiger partial charge in [0, 0.05) is 13.1 Å². The summed E-state index contributed by atoms with van der Waals surface area (Å²) in [6.07, 6.45) is 0.211. The summed E-state index contributed by atoms with van der Waals surface area (Å²) < 4.78 is 38.2. The number of anilines is 2. The summed E-state index contributed by atoms with van der Waals surface area (Å²) in [5.41, 5.74) is 6.18. The fraction of sp³-hybridized carbons (Fsp3) is 0.647. The molecular formula is C17H25F3N2. The lowest BCUT2D eigenvalue weighted by molar-refractivity contribution is -0.137. The minimum atomic E-state index is -4.34. The van der Waals surface area contributed by atoms with Crippen molar-refractivity contribution in [3.05, 3.63) is 23.8 Å². The molecule has 2 N–H and O–H groups in total. The number of nitrogen functional groups attached to an aromatic ring is 1. The van der Waals surface area contributed by atoms with Crippen LogP contribution < -0.4 is 10.6 Å². The Morgan fingerprint density at radius 2 is 1.95 bits per heavy atom. The molecule has 0 bridgehead atoms. The van der Waals surface area contributed by atoms with Crippen LogP contribution in [0, 0.1) is 11.8 Å². The van der Waals surface area contributed by atoms with Gasteiger partial charge in [-0.15, -0.1) is 0 Å². The third kappa shape index (κ3) is 3.68. The average molecular weight is 314 g/mol. The molecule has 1 saturated heterocycles. The molecule has 2 rings (SSSR count). The summed E-state index contributed by atoms with van der Waals surface area (Å²) in [6, 6.07) is 3.70. The molecule has 0 saturated carbocycles. The Morgan fingerprint density at radius 1 is 1.23 bits per heavy atom. The normalized spacial score (nSPS) is 22.9. The minimum Gasteiger partial charge on any atom is -0.397 e. The van der Waals surface area contributed by atoms with Gasteiger partial charge in [0.05, 0.1) is 16.9 Å². The zero-order valence-electron chi connectivity index (χ0n) is 13.3. The van der Waals surface area contributed by atoms with Gasteiger partial charge in [-0.2, -0.15) is 13.2 Å². The van der Waals surface area contributed by atoms with Crippen molar-refractivity contribution in [2.45, 2.75) is 45.7 Å². The van der Waals surface area contributed by atoms with Gasteiger partial charge >= 0.3 is 6.18 Å². The maximum Gasteiger partial charge on any atom is 0.416 e. The number of nitrogens with two attached hydrogens (primary N) is 1. The largest absolute Gasteiger partial charge is 0.416 e. The van der Waals surface area contributed by atoms with Crippen LogP contribution in [0.2, 0.25) is 0 Å². The Bertz CT molecular complexity index is 499. The van der Waals surface area contributed by atoms with Crippen molar-refractivity contribution in [2.24, 2.45) is 11.8 Å². The van der Waals surface area contributed by atoms with Crippen molar-refractivity contribution < 1.29 is 13.2 Å². The predicted molar refractivity (Wildman–Crippen MR) is 84.9 cm³/mol. The number of nitrogens with zero attached hydrogens (tertiary/aromatic N) is 1. The van der Waals surface area contributed by atoms with Crippen LogP contribution in [0.5, 0.6) is 0 Å². The van der Waals surface area contributed by atoms with E-state index in [-0.39, 0.29) is 5.69 Å². The van der Waals surface area contributed by atoms with Crippen molar-refractivity contribution in [3.8, 4) is 0 Å². The maximum atomic E-state index is 12.7. The van der Waals surface area contributed by atoms with E-state index in [1.165, 1.54) is 12.5 Å². The molecule has 2 atom stereocenters. The van der Waals surface area contributed by atoms with Crippen molar-refractivity contribution in [2.75, 3.05) is 23.7 Å². The van der Waals surface area contributed by atoms with E-state index in [0.717, 1.165) is 50.2 Å². The third-order valence-electron chi connectivity index (χ3n) is 4.77. The van der Waals surface area contributed by atoms with Gasteiger partial charge in [0.15, 0.2) is 0 Å². The fourth-order valence-electron chi connectivity index (χ4n) is 3.55. The Kier molecular flexibility index (Phi) is 5.24. The summed E-state index contributed by atoms with van der Waals surface area (Å²) in [7, 11) is 0. The molecule has 2 nitrogen and oxygen atoms in total. The number of rotatable bonds is 4. The highest BCUT2D eigenvalue weighted by Gasteiger charge is 2.32. The Balaban J connectivity index is 2.18. The second-order valence-corrected chi connectivity index (χ2v) is 6.22.